The van der Waals surface area contributed by atoms with Gasteiger partial charge < -0.3 is 10.4 Å². The minimum absolute atomic E-state index is 0.160. The number of hydrogen-bond acceptors (Lipinski definition) is 2. The summed E-state index contributed by atoms with van der Waals surface area (Å²) in [5.41, 5.74) is 3.31. The maximum atomic E-state index is 11.7. The first-order valence-corrected chi connectivity index (χ1v) is 5.67. The third-order valence-corrected chi connectivity index (χ3v) is 2.17. The number of benzene rings is 1. The molecule has 0 aromatic heterocycles. The van der Waals surface area contributed by atoms with Crippen molar-refractivity contribution in [2.45, 2.75) is 6.04 Å². The van der Waals surface area contributed by atoms with E-state index in [-0.39, 0.29) is 12.5 Å². The summed E-state index contributed by atoms with van der Waals surface area (Å²) in [4.78, 5) is 13.2. The molecule has 0 bridgehead atoms. The van der Waals surface area contributed by atoms with Gasteiger partial charge in [-0.2, -0.15) is 0 Å². The Bertz CT molecular complexity index is 397. The van der Waals surface area contributed by atoms with Crippen LogP contribution >= 0.6 is 15.9 Å². The summed E-state index contributed by atoms with van der Waals surface area (Å²) in [6.07, 6.45) is 1.58. The van der Waals surface area contributed by atoms with Crippen molar-refractivity contribution in [3.8, 4) is 0 Å². The summed E-state index contributed by atoms with van der Waals surface area (Å²) in [6, 6.07) is 8.42. The zero-order valence-corrected chi connectivity index (χ0v) is 10.1. The van der Waals surface area contributed by atoms with Crippen LogP contribution in [0.3, 0.4) is 0 Å². The van der Waals surface area contributed by atoms with Crippen molar-refractivity contribution in [2.75, 3.05) is 6.61 Å². The van der Waals surface area contributed by atoms with Gasteiger partial charge in [0.1, 0.15) is 0 Å². The highest BCUT2D eigenvalue weighted by Gasteiger charge is 2.09. The minimum atomic E-state index is -0.429. The molecule has 0 fully saturated rings. The van der Waals surface area contributed by atoms with Gasteiger partial charge >= 0.3 is 0 Å². The second kappa shape index (κ2) is 7.01. The molecule has 3 nitrogen and oxygen atoms in total. The van der Waals surface area contributed by atoms with Gasteiger partial charge in [-0.15, -0.1) is 5.73 Å². The second-order valence-corrected chi connectivity index (χ2v) is 3.53. The topological polar surface area (TPSA) is 49.3 Å². The van der Waals surface area contributed by atoms with Gasteiger partial charge in [-0.3, -0.25) is 4.79 Å². The summed E-state index contributed by atoms with van der Waals surface area (Å²) in [5, 5.41) is 11.7. The number of halogens is 1. The molecule has 0 saturated carbocycles. The Kier molecular flexibility index (Phi) is 5.57. The van der Waals surface area contributed by atoms with E-state index in [2.05, 4.69) is 27.0 Å². The van der Waals surface area contributed by atoms with Gasteiger partial charge in [0.05, 0.1) is 12.6 Å². The number of hydrogen-bond donors (Lipinski definition) is 2. The van der Waals surface area contributed by atoms with Gasteiger partial charge in [0.2, 0.25) is 0 Å². The van der Waals surface area contributed by atoms with Crippen molar-refractivity contribution in [1.82, 2.24) is 5.32 Å². The highest BCUT2D eigenvalue weighted by atomic mass is 79.9. The van der Waals surface area contributed by atoms with Crippen molar-refractivity contribution in [3.63, 3.8) is 0 Å². The van der Waals surface area contributed by atoms with E-state index in [4.69, 9.17) is 5.11 Å². The molecule has 1 amide bonds. The fourth-order valence-corrected chi connectivity index (χ4v) is 1.29. The van der Waals surface area contributed by atoms with E-state index in [1.54, 1.807) is 30.3 Å². The number of carbonyl (C=O) groups is 1. The van der Waals surface area contributed by atoms with Gasteiger partial charge in [0.15, 0.2) is 0 Å². The Labute approximate surface area is 103 Å². The average molecular weight is 282 g/mol. The smallest absolute Gasteiger partial charge is 0.251 e. The summed E-state index contributed by atoms with van der Waals surface area (Å²) in [5.74, 6) is -0.215. The molecule has 0 spiro atoms. The fraction of sp³-hybridized carbons (Fsp3) is 0.167. The zero-order valence-electron chi connectivity index (χ0n) is 8.56. The molecule has 84 valence electrons. The van der Waals surface area contributed by atoms with Crippen molar-refractivity contribution < 1.29 is 9.90 Å². The predicted octanol–water partition coefficient (Wildman–Crippen LogP) is 1.84. The maximum absolute atomic E-state index is 11.7. The Balaban J connectivity index is 2.66. The second-order valence-electron chi connectivity index (χ2n) is 3.07. The van der Waals surface area contributed by atoms with Crippen LogP contribution in [-0.4, -0.2) is 23.7 Å². The molecule has 0 radical (unpaired) electrons. The van der Waals surface area contributed by atoms with Crippen molar-refractivity contribution in [3.05, 3.63) is 52.7 Å². The summed E-state index contributed by atoms with van der Waals surface area (Å²) in [6.45, 7) is -0.160. The summed E-state index contributed by atoms with van der Waals surface area (Å²) >= 11 is 3.06. The SMILES string of the molecule is O=C(N[C@H](C=C=CBr)CO)c1ccccc1. The van der Waals surface area contributed by atoms with E-state index >= 15 is 0 Å². The van der Waals surface area contributed by atoms with Gasteiger partial charge in [-0.05, 0) is 18.2 Å². The molecule has 1 aromatic rings. The number of rotatable bonds is 4. The number of carbonyl (C=O) groups excluding carboxylic acids is 1. The highest BCUT2D eigenvalue weighted by Crippen LogP contribution is 1.99. The highest BCUT2D eigenvalue weighted by molar-refractivity contribution is 9.11. The van der Waals surface area contributed by atoms with Crippen LogP contribution in [0.4, 0.5) is 0 Å². The molecule has 1 atom stereocenters. The number of amides is 1. The van der Waals surface area contributed by atoms with Crippen LogP contribution in [0.1, 0.15) is 10.4 Å². The molecule has 4 heteroatoms. The van der Waals surface area contributed by atoms with Crippen LogP contribution in [0, 0.1) is 0 Å². The van der Waals surface area contributed by atoms with Crippen LogP contribution in [0.2, 0.25) is 0 Å². The van der Waals surface area contributed by atoms with Crippen LogP contribution in [-0.2, 0) is 0 Å². The van der Waals surface area contributed by atoms with Gasteiger partial charge in [0, 0.05) is 10.5 Å². The third kappa shape index (κ3) is 4.03. The Morgan fingerprint density at radius 3 is 2.75 bits per heavy atom. The lowest BCUT2D eigenvalue weighted by Gasteiger charge is -2.10. The molecule has 0 aliphatic heterocycles. The minimum Gasteiger partial charge on any atom is -0.394 e. The number of aliphatic hydroxyl groups is 1. The van der Waals surface area contributed by atoms with Gasteiger partial charge in [0.25, 0.3) is 5.91 Å². The molecular weight excluding hydrogens is 270 g/mol. The van der Waals surface area contributed by atoms with Crippen molar-refractivity contribution in [1.29, 1.82) is 0 Å². The zero-order chi connectivity index (χ0) is 11.8. The standard InChI is InChI=1S/C12H12BrNO2/c13-8-4-7-11(9-15)14-12(16)10-5-2-1-3-6-10/h1-3,5-8,11,15H,9H2,(H,14,16)/t4?,11-/m1/s1. The Morgan fingerprint density at radius 1 is 1.50 bits per heavy atom. The normalized spacial score (nSPS) is 11.1. The van der Waals surface area contributed by atoms with Crippen LogP contribution in [0.15, 0.2) is 47.1 Å². The van der Waals surface area contributed by atoms with E-state index in [0.29, 0.717) is 5.56 Å². The van der Waals surface area contributed by atoms with E-state index in [1.165, 1.54) is 4.99 Å². The lowest BCUT2D eigenvalue weighted by Crippen LogP contribution is -2.35. The van der Waals surface area contributed by atoms with Gasteiger partial charge in [-0.1, -0.05) is 34.1 Å². The first-order valence-electron chi connectivity index (χ1n) is 4.76. The molecule has 0 saturated heterocycles. The van der Waals surface area contributed by atoms with E-state index < -0.39 is 6.04 Å². The van der Waals surface area contributed by atoms with Crippen LogP contribution in [0.25, 0.3) is 0 Å². The fourth-order valence-electron chi connectivity index (χ4n) is 1.13. The maximum Gasteiger partial charge on any atom is 0.251 e. The lowest BCUT2D eigenvalue weighted by molar-refractivity contribution is 0.0929. The Morgan fingerprint density at radius 2 is 2.19 bits per heavy atom. The monoisotopic (exact) mass is 281 g/mol. The molecule has 1 aromatic carbocycles. The third-order valence-electron chi connectivity index (χ3n) is 1.91. The van der Waals surface area contributed by atoms with E-state index in [9.17, 15) is 4.79 Å². The van der Waals surface area contributed by atoms with Gasteiger partial charge in [-0.25, -0.2) is 0 Å². The first-order chi connectivity index (χ1) is 7.77. The van der Waals surface area contributed by atoms with E-state index in [0.717, 1.165) is 0 Å². The quantitative estimate of drug-likeness (QED) is 0.828. The molecule has 0 heterocycles. The van der Waals surface area contributed by atoms with Crippen LogP contribution in [0.5, 0.6) is 0 Å². The van der Waals surface area contributed by atoms with Crippen LogP contribution < -0.4 is 5.32 Å². The largest absolute Gasteiger partial charge is 0.394 e. The summed E-state index contributed by atoms with van der Waals surface area (Å²) in [7, 11) is 0. The molecular formula is C12H12BrNO2. The Hall–Kier alpha value is -1.35. The molecule has 0 aliphatic carbocycles. The molecule has 1 rings (SSSR count). The average Bonchev–Trinajstić information content (AvgIpc) is 2.35. The lowest BCUT2D eigenvalue weighted by atomic mass is 10.2. The predicted molar refractivity (Wildman–Crippen MR) is 66.4 cm³/mol. The van der Waals surface area contributed by atoms with Crippen molar-refractivity contribution in [2.24, 2.45) is 0 Å². The number of aliphatic hydroxyl groups excluding tert-OH is 1. The number of nitrogens with one attached hydrogen (secondary N) is 1. The summed E-state index contributed by atoms with van der Waals surface area (Å²) < 4.78 is 0. The molecule has 0 unspecified atom stereocenters. The molecule has 2 N–H and O–H groups in total. The molecule has 0 aliphatic rings. The van der Waals surface area contributed by atoms with E-state index in [1.807, 2.05) is 6.07 Å². The first kappa shape index (κ1) is 12.7. The van der Waals surface area contributed by atoms with Crippen molar-refractivity contribution >= 4 is 21.8 Å². The molecule has 16 heavy (non-hydrogen) atoms.